The second-order valence-corrected chi connectivity index (χ2v) is 2.41. The molecule has 0 aliphatic carbocycles. The van der Waals surface area contributed by atoms with Crippen molar-refractivity contribution < 1.29 is 4.74 Å². The van der Waals surface area contributed by atoms with E-state index < -0.39 is 0 Å². The molecule has 0 saturated carbocycles. The van der Waals surface area contributed by atoms with Gasteiger partial charge in [-0.1, -0.05) is 26.0 Å². The fraction of sp³-hybridized carbons (Fsp3) is 0.600. The van der Waals surface area contributed by atoms with Crippen LogP contribution in [0.3, 0.4) is 0 Å². The number of rotatable bonds is 6. The lowest BCUT2D eigenvalue weighted by atomic mass is 10.2. The first kappa shape index (κ1) is 10.3. The van der Waals surface area contributed by atoms with Gasteiger partial charge in [-0.25, -0.2) is 0 Å². The Morgan fingerprint density at radius 2 is 2.18 bits per heavy atom. The fourth-order valence-electron chi connectivity index (χ4n) is 0.871. The molecule has 0 fully saturated rings. The minimum absolute atomic E-state index is 0.753. The summed E-state index contributed by atoms with van der Waals surface area (Å²) in [7, 11) is 0. The first-order chi connectivity index (χ1) is 5.35. The summed E-state index contributed by atoms with van der Waals surface area (Å²) in [4.78, 5) is 0. The van der Waals surface area contributed by atoms with Gasteiger partial charge < -0.3 is 4.74 Å². The van der Waals surface area contributed by atoms with Crippen LogP contribution in [0.25, 0.3) is 0 Å². The number of hydrogen-bond acceptors (Lipinski definition) is 1. The van der Waals surface area contributed by atoms with Gasteiger partial charge in [0.25, 0.3) is 0 Å². The summed E-state index contributed by atoms with van der Waals surface area (Å²) >= 11 is 0. The van der Waals surface area contributed by atoms with Crippen LogP contribution in [-0.2, 0) is 4.74 Å². The Kier molecular flexibility index (Phi) is 6.90. The predicted octanol–water partition coefficient (Wildman–Crippen LogP) is 3.28. The van der Waals surface area contributed by atoms with Gasteiger partial charge in [0.05, 0.1) is 12.4 Å². The normalized spacial score (nSPS) is 11.3. The summed E-state index contributed by atoms with van der Waals surface area (Å²) < 4.78 is 5.37. The molecule has 0 rings (SSSR count). The molecule has 0 heterocycles. The van der Waals surface area contributed by atoms with Gasteiger partial charge in [-0.15, -0.1) is 0 Å². The molecule has 0 aliphatic heterocycles. The van der Waals surface area contributed by atoms with Crippen molar-refractivity contribution in [2.75, 3.05) is 6.61 Å². The first-order valence-electron chi connectivity index (χ1n) is 4.29. The summed E-state index contributed by atoms with van der Waals surface area (Å²) in [6.07, 6.45) is 7.16. The SMILES string of the molecule is C=C/C=C(\CCCC)OCC. The highest BCUT2D eigenvalue weighted by Crippen LogP contribution is 2.08. The van der Waals surface area contributed by atoms with E-state index in [2.05, 4.69) is 13.5 Å². The van der Waals surface area contributed by atoms with Gasteiger partial charge in [-0.2, -0.15) is 0 Å². The summed E-state index contributed by atoms with van der Waals surface area (Å²) in [6.45, 7) is 8.57. The summed E-state index contributed by atoms with van der Waals surface area (Å²) in [5.41, 5.74) is 0. The van der Waals surface area contributed by atoms with E-state index in [4.69, 9.17) is 4.74 Å². The minimum Gasteiger partial charge on any atom is -0.498 e. The molecule has 0 saturated heterocycles. The Bertz CT molecular complexity index is 125. The Labute approximate surface area is 69.8 Å². The lowest BCUT2D eigenvalue weighted by Crippen LogP contribution is -1.91. The second-order valence-electron chi connectivity index (χ2n) is 2.41. The van der Waals surface area contributed by atoms with Crippen LogP contribution in [0.1, 0.15) is 33.1 Å². The van der Waals surface area contributed by atoms with Gasteiger partial charge in [-0.3, -0.25) is 0 Å². The van der Waals surface area contributed by atoms with Crippen molar-refractivity contribution >= 4 is 0 Å². The molecule has 0 aromatic carbocycles. The molecule has 0 aromatic heterocycles. The van der Waals surface area contributed by atoms with Crippen molar-refractivity contribution in [2.45, 2.75) is 33.1 Å². The topological polar surface area (TPSA) is 9.23 Å². The molecule has 1 nitrogen and oxygen atoms in total. The van der Waals surface area contributed by atoms with E-state index in [0.717, 1.165) is 18.8 Å². The van der Waals surface area contributed by atoms with Gasteiger partial charge in [0.1, 0.15) is 0 Å². The zero-order chi connectivity index (χ0) is 8.53. The molecule has 0 bridgehead atoms. The van der Waals surface area contributed by atoms with E-state index >= 15 is 0 Å². The van der Waals surface area contributed by atoms with Crippen LogP contribution in [0.15, 0.2) is 24.5 Å². The van der Waals surface area contributed by atoms with E-state index in [1.165, 1.54) is 12.8 Å². The van der Waals surface area contributed by atoms with E-state index in [9.17, 15) is 0 Å². The highest BCUT2D eigenvalue weighted by molar-refractivity contribution is 5.04. The number of hydrogen-bond donors (Lipinski definition) is 0. The first-order valence-corrected chi connectivity index (χ1v) is 4.29. The highest BCUT2D eigenvalue weighted by Gasteiger charge is 1.93. The second kappa shape index (κ2) is 7.39. The van der Waals surface area contributed by atoms with E-state index in [0.29, 0.717) is 0 Å². The van der Waals surface area contributed by atoms with Gasteiger partial charge in [0.2, 0.25) is 0 Å². The molecule has 1 heteroatoms. The standard InChI is InChI=1S/C10H18O/c1-4-7-9-10(8-5-2)11-6-3/h5,8H,2,4,6-7,9H2,1,3H3/b10-8+. The molecular weight excluding hydrogens is 136 g/mol. The number of allylic oxidation sites excluding steroid dienone is 3. The highest BCUT2D eigenvalue weighted by atomic mass is 16.5. The van der Waals surface area contributed by atoms with Crippen LogP contribution in [0.2, 0.25) is 0 Å². The maximum absolute atomic E-state index is 5.37. The van der Waals surface area contributed by atoms with Crippen LogP contribution >= 0.6 is 0 Å². The largest absolute Gasteiger partial charge is 0.498 e. The van der Waals surface area contributed by atoms with E-state index in [1.807, 2.05) is 13.0 Å². The maximum Gasteiger partial charge on any atom is 0.0959 e. The maximum atomic E-state index is 5.37. The van der Waals surface area contributed by atoms with Crippen molar-refractivity contribution in [3.8, 4) is 0 Å². The van der Waals surface area contributed by atoms with Crippen molar-refractivity contribution in [3.05, 3.63) is 24.5 Å². The molecule has 0 N–H and O–H groups in total. The number of ether oxygens (including phenoxy) is 1. The van der Waals surface area contributed by atoms with Crippen LogP contribution in [0.5, 0.6) is 0 Å². The van der Waals surface area contributed by atoms with Crippen molar-refractivity contribution in [2.24, 2.45) is 0 Å². The molecule has 0 amide bonds. The Morgan fingerprint density at radius 1 is 1.45 bits per heavy atom. The van der Waals surface area contributed by atoms with Crippen molar-refractivity contribution in [1.82, 2.24) is 0 Å². The van der Waals surface area contributed by atoms with Crippen LogP contribution in [0.4, 0.5) is 0 Å². The molecule has 0 aliphatic rings. The Morgan fingerprint density at radius 3 is 2.64 bits per heavy atom. The third-order valence-electron chi connectivity index (χ3n) is 1.41. The number of unbranched alkanes of at least 4 members (excludes halogenated alkanes) is 1. The smallest absolute Gasteiger partial charge is 0.0959 e. The zero-order valence-electron chi connectivity index (χ0n) is 7.60. The monoisotopic (exact) mass is 154 g/mol. The van der Waals surface area contributed by atoms with Gasteiger partial charge >= 0.3 is 0 Å². The molecule has 0 radical (unpaired) electrons. The fourth-order valence-corrected chi connectivity index (χ4v) is 0.871. The van der Waals surface area contributed by atoms with Crippen LogP contribution in [-0.4, -0.2) is 6.61 Å². The quantitative estimate of drug-likeness (QED) is 0.421. The van der Waals surface area contributed by atoms with Crippen LogP contribution in [0, 0.1) is 0 Å². The molecule has 0 spiro atoms. The minimum atomic E-state index is 0.753. The lowest BCUT2D eigenvalue weighted by Gasteiger charge is -2.06. The molecule has 0 unspecified atom stereocenters. The van der Waals surface area contributed by atoms with E-state index in [-0.39, 0.29) is 0 Å². The van der Waals surface area contributed by atoms with E-state index in [1.54, 1.807) is 6.08 Å². The summed E-state index contributed by atoms with van der Waals surface area (Å²) in [5, 5.41) is 0. The summed E-state index contributed by atoms with van der Waals surface area (Å²) in [5.74, 6) is 1.06. The molecular formula is C10H18O. The average molecular weight is 154 g/mol. The molecule has 64 valence electrons. The van der Waals surface area contributed by atoms with Gasteiger partial charge in [0.15, 0.2) is 0 Å². The van der Waals surface area contributed by atoms with Gasteiger partial charge in [0, 0.05) is 6.42 Å². The average Bonchev–Trinajstić information content (AvgIpc) is 2.01. The molecule has 0 atom stereocenters. The third-order valence-corrected chi connectivity index (χ3v) is 1.41. The Balaban J connectivity index is 3.69. The zero-order valence-corrected chi connectivity index (χ0v) is 7.60. The summed E-state index contributed by atoms with van der Waals surface area (Å²) in [6, 6.07) is 0. The Hall–Kier alpha value is -0.720. The predicted molar refractivity (Wildman–Crippen MR) is 49.4 cm³/mol. The van der Waals surface area contributed by atoms with Gasteiger partial charge in [-0.05, 0) is 19.4 Å². The third kappa shape index (κ3) is 5.71. The lowest BCUT2D eigenvalue weighted by molar-refractivity contribution is 0.217. The molecule has 0 aromatic rings. The van der Waals surface area contributed by atoms with Crippen molar-refractivity contribution in [3.63, 3.8) is 0 Å². The van der Waals surface area contributed by atoms with Crippen molar-refractivity contribution in [1.29, 1.82) is 0 Å². The van der Waals surface area contributed by atoms with Crippen LogP contribution < -0.4 is 0 Å². The molecule has 11 heavy (non-hydrogen) atoms.